The lowest BCUT2D eigenvalue weighted by Gasteiger charge is -2.42. The van der Waals surface area contributed by atoms with Crippen LogP contribution in [0.2, 0.25) is 0 Å². The lowest BCUT2D eigenvalue weighted by molar-refractivity contribution is 0.100. The van der Waals surface area contributed by atoms with E-state index in [4.69, 9.17) is 11.5 Å². The quantitative estimate of drug-likeness (QED) is 0.361. The average Bonchev–Trinajstić information content (AvgIpc) is 3.47. The minimum Gasteiger partial charge on any atom is -0.390 e. The summed E-state index contributed by atoms with van der Waals surface area (Å²) in [6, 6.07) is 13.8. The van der Waals surface area contributed by atoms with Crippen LogP contribution in [0.15, 0.2) is 54.9 Å². The first kappa shape index (κ1) is 24.1. The van der Waals surface area contributed by atoms with Crippen LogP contribution in [0.5, 0.6) is 0 Å². The van der Waals surface area contributed by atoms with Gasteiger partial charge in [-0.3, -0.25) is 9.48 Å². The van der Waals surface area contributed by atoms with Crippen LogP contribution in [-0.4, -0.2) is 43.9 Å². The van der Waals surface area contributed by atoms with Crippen molar-refractivity contribution in [3.63, 3.8) is 0 Å². The van der Waals surface area contributed by atoms with Gasteiger partial charge >= 0.3 is 0 Å². The zero-order valence-corrected chi connectivity index (χ0v) is 21.0. The smallest absolute Gasteiger partial charge is 0.248 e. The van der Waals surface area contributed by atoms with E-state index < -0.39 is 5.91 Å². The summed E-state index contributed by atoms with van der Waals surface area (Å²) < 4.78 is 1.71. The van der Waals surface area contributed by atoms with E-state index in [0.29, 0.717) is 29.3 Å². The normalized spacial score (nSPS) is 17.8. The third-order valence-corrected chi connectivity index (χ3v) is 8.00. The van der Waals surface area contributed by atoms with Crippen molar-refractivity contribution >= 4 is 22.6 Å². The summed E-state index contributed by atoms with van der Waals surface area (Å²) in [4.78, 5) is 22.9. The van der Waals surface area contributed by atoms with Crippen molar-refractivity contribution in [2.75, 3.05) is 18.0 Å². The van der Waals surface area contributed by atoms with Crippen molar-refractivity contribution in [2.45, 2.75) is 38.5 Å². The van der Waals surface area contributed by atoms with Crippen LogP contribution in [-0.2, 0) is 19.6 Å². The molecule has 1 amide bonds. The number of carbonyl (C=O) groups excluding carboxylic acids is 1. The molecule has 1 spiro atoms. The highest BCUT2D eigenvalue weighted by molar-refractivity contribution is 5.96. The topological polar surface area (TPSA) is 136 Å². The number of aliphatic hydroxyl groups is 1. The van der Waals surface area contributed by atoms with Gasteiger partial charge in [0.2, 0.25) is 5.91 Å². The van der Waals surface area contributed by atoms with Crippen LogP contribution in [0, 0.1) is 17.3 Å². The number of amides is 1. The average molecular weight is 508 g/mol. The summed E-state index contributed by atoms with van der Waals surface area (Å²) >= 11 is 0. The van der Waals surface area contributed by atoms with E-state index in [1.165, 1.54) is 11.1 Å². The zero-order chi connectivity index (χ0) is 26.3. The third kappa shape index (κ3) is 4.18. The molecular weight excluding hydrogens is 478 g/mol. The number of aliphatic hydroxyl groups excluding tert-OH is 1. The van der Waals surface area contributed by atoms with Gasteiger partial charge in [0, 0.05) is 30.1 Å². The number of carbonyl (C=O) groups is 1. The fourth-order valence-corrected chi connectivity index (χ4v) is 5.88. The van der Waals surface area contributed by atoms with Gasteiger partial charge < -0.3 is 21.5 Å². The van der Waals surface area contributed by atoms with Gasteiger partial charge in [0.1, 0.15) is 17.9 Å². The number of benzene rings is 2. The molecule has 1 atom stereocenters. The van der Waals surface area contributed by atoms with Crippen molar-refractivity contribution in [3.05, 3.63) is 82.9 Å². The largest absolute Gasteiger partial charge is 0.390 e. The van der Waals surface area contributed by atoms with E-state index in [1.807, 2.05) is 6.07 Å². The number of anilines is 1. The van der Waals surface area contributed by atoms with Crippen LogP contribution >= 0.6 is 0 Å². The summed E-state index contributed by atoms with van der Waals surface area (Å²) in [5, 5.41) is 15.3. The maximum Gasteiger partial charge on any atom is 0.248 e. The second kappa shape index (κ2) is 9.56. The standard InChI is InChI=1S/C29H29N7O2/c30-26-23-6-2-1-4-20(23)15-29(26)9-12-35(13-10-29)28-24(18-37)34-22(17-32-28)5-3-11-36-25-14-19(27(31)38)7-8-21(25)16-33-36/h1-2,4,6-8,14,16-17,26,37H,9-13,15,18,30H2,(H2,31,38)/t26-/m1/s1. The number of hydrogen-bond donors (Lipinski definition) is 3. The SMILES string of the molecule is NC(=O)c1ccc2cnn(CC#Cc3cnc(N4CCC5(CC4)Cc4ccccc4[C@H]5N)c(CO)n3)c2c1. The Morgan fingerprint density at radius 1 is 1.16 bits per heavy atom. The van der Waals surface area contributed by atoms with Crippen molar-refractivity contribution < 1.29 is 9.90 Å². The predicted molar refractivity (Wildman–Crippen MR) is 144 cm³/mol. The van der Waals surface area contributed by atoms with Crippen molar-refractivity contribution in [3.8, 4) is 11.8 Å². The Morgan fingerprint density at radius 3 is 2.74 bits per heavy atom. The summed E-state index contributed by atoms with van der Waals surface area (Å²) in [5.74, 6) is 6.30. The summed E-state index contributed by atoms with van der Waals surface area (Å²) in [7, 11) is 0. The van der Waals surface area contributed by atoms with Crippen LogP contribution in [0.25, 0.3) is 10.9 Å². The number of rotatable bonds is 4. The molecule has 1 aliphatic heterocycles. The number of piperidine rings is 1. The maximum atomic E-state index is 11.5. The molecule has 9 heteroatoms. The van der Waals surface area contributed by atoms with Gasteiger partial charge in [0.25, 0.3) is 0 Å². The van der Waals surface area contributed by atoms with Gasteiger partial charge in [0.15, 0.2) is 5.82 Å². The van der Waals surface area contributed by atoms with E-state index in [0.717, 1.165) is 43.3 Å². The van der Waals surface area contributed by atoms with Gasteiger partial charge in [-0.1, -0.05) is 36.3 Å². The number of primary amides is 1. The molecule has 4 aromatic rings. The molecule has 5 N–H and O–H groups in total. The van der Waals surface area contributed by atoms with E-state index >= 15 is 0 Å². The molecule has 0 bridgehead atoms. The zero-order valence-electron chi connectivity index (χ0n) is 21.0. The van der Waals surface area contributed by atoms with E-state index in [9.17, 15) is 9.90 Å². The molecule has 1 aliphatic carbocycles. The first-order valence-electron chi connectivity index (χ1n) is 12.8. The Morgan fingerprint density at radius 2 is 1.97 bits per heavy atom. The monoisotopic (exact) mass is 507 g/mol. The molecule has 2 aromatic heterocycles. The van der Waals surface area contributed by atoms with Gasteiger partial charge in [-0.15, -0.1) is 0 Å². The Labute approximate surface area is 220 Å². The molecule has 0 unspecified atom stereocenters. The summed E-state index contributed by atoms with van der Waals surface area (Å²) in [6.07, 6.45) is 6.31. The number of hydrogen-bond acceptors (Lipinski definition) is 7. The maximum absolute atomic E-state index is 11.5. The minimum atomic E-state index is -0.488. The molecule has 0 radical (unpaired) electrons. The molecule has 3 heterocycles. The lowest BCUT2D eigenvalue weighted by Crippen LogP contribution is -2.45. The summed E-state index contributed by atoms with van der Waals surface area (Å²) in [5.41, 5.74) is 17.0. The Kier molecular flexibility index (Phi) is 6.06. The van der Waals surface area contributed by atoms with E-state index in [2.05, 4.69) is 56.1 Å². The molecule has 6 rings (SSSR count). The van der Waals surface area contributed by atoms with Crippen molar-refractivity contribution in [1.82, 2.24) is 19.7 Å². The number of aromatic nitrogens is 4. The second-order valence-corrected chi connectivity index (χ2v) is 10.1. The highest BCUT2D eigenvalue weighted by atomic mass is 16.3. The molecule has 1 saturated heterocycles. The third-order valence-electron chi connectivity index (χ3n) is 8.00. The fraction of sp³-hybridized carbons (Fsp3) is 0.310. The Balaban J connectivity index is 1.16. The van der Waals surface area contributed by atoms with E-state index in [-0.39, 0.29) is 18.1 Å². The van der Waals surface area contributed by atoms with Gasteiger partial charge in [-0.25, -0.2) is 9.97 Å². The van der Waals surface area contributed by atoms with Crippen LogP contribution in [0.1, 0.15) is 51.8 Å². The summed E-state index contributed by atoms with van der Waals surface area (Å²) in [6.45, 7) is 1.71. The van der Waals surface area contributed by atoms with E-state index in [1.54, 1.807) is 29.2 Å². The molecule has 9 nitrogen and oxygen atoms in total. The Bertz CT molecular complexity index is 1590. The number of nitrogens with two attached hydrogens (primary N) is 2. The molecule has 0 saturated carbocycles. The number of nitrogens with zero attached hydrogens (tertiary/aromatic N) is 5. The lowest BCUT2D eigenvalue weighted by atomic mass is 9.73. The molecule has 38 heavy (non-hydrogen) atoms. The van der Waals surface area contributed by atoms with Gasteiger partial charge in [-0.2, -0.15) is 5.10 Å². The van der Waals surface area contributed by atoms with Crippen LogP contribution < -0.4 is 16.4 Å². The Hall–Kier alpha value is -4.26. The fourth-order valence-electron chi connectivity index (χ4n) is 5.88. The first-order chi connectivity index (χ1) is 18.5. The van der Waals surface area contributed by atoms with Crippen LogP contribution in [0.4, 0.5) is 5.82 Å². The number of fused-ring (bicyclic) bond motifs is 2. The molecule has 192 valence electrons. The first-order valence-corrected chi connectivity index (χ1v) is 12.8. The van der Waals surface area contributed by atoms with Gasteiger partial charge in [-0.05, 0) is 53.9 Å². The highest BCUT2D eigenvalue weighted by Crippen LogP contribution is 2.51. The van der Waals surface area contributed by atoms with Gasteiger partial charge in [0.05, 0.1) is 24.5 Å². The molecule has 2 aliphatic rings. The van der Waals surface area contributed by atoms with Crippen molar-refractivity contribution in [1.29, 1.82) is 0 Å². The minimum absolute atomic E-state index is 0.0520. The molecular formula is C29H29N7O2. The molecule has 1 fully saturated rings. The predicted octanol–water partition coefficient (Wildman–Crippen LogP) is 2.31. The molecule has 2 aromatic carbocycles. The second-order valence-electron chi connectivity index (χ2n) is 10.1. The highest BCUT2D eigenvalue weighted by Gasteiger charge is 2.46. The van der Waals surface area contributed by atoms with Crippen LogP contribution in [0.3, 0.4) is 0 Å². The van der Waals surface area contributed by atoms with Crippen molar-refractivity contribution in [2.24, 2.45) is 16.9 Å².